The topological polar surface area (TPSA) is 55.1 Å². The summed E-state index contributed by atoms with van der Waals surface area (Å²) in [6, 6.07) is 7.29. The molecule has 0 bridgehead atoms. The zero-order valence-electron chi connectivity index (χ0n) is 10.7. The molecule has 5 heteroatoms. The number of hydrogen-bond donors (Lipinski definition) is 1. The third-order valence-electron chi connectivity index (χ3n) is 2.50. The maximum atomic E-state index is 12.1. The van der Waals surface area contributed by atoms with Crippen molar-refractivity contribution in [1.29, 1.82) is 0 Å². The van der Waals surface area contributed by atoms with Crippen molar-refractivity contribution in [3.05, 3.63) is 34.6 Å². The minimum absolute atomic E-state index is 0.0566. The summed E-state index contributed by atoms with van der Waals surface area (Å²) in [6.45, 7) is 3.47. The molecular formula is C13H16N2O2S. The minimum atomic E-state index is -0.784. The molecule has 0 aliphatic rings. The number of thioether (sulfide) groups is 1. The van der Waals surface area contributed by atoms with E-state index in [0.29, 0.717) is 21.8 Å². The van der Waals surface area contributed by atoms with Gasteiger partial charge in [-0.05, 0) is 26.0 Å². The quantitative estimate of drug-likeness (QED) is 0.678. The van der Waals surface area contributed by atoms with Gasteiger partial charge in [0.25, 0.3) is 5.56 Å². The highest BCUT2D eigenvalue weighted by Gasteiger charge is 2.15. The van der Waals surface area contributed by atoms with E-state index in [2.05, 4.69) is 4.98 Å². The average molecular weight is 264 g/mol. The van der Waals surface area contributed by atoms with Gasteiger partial charge in [-0.3, -0.25) is 9.36 Å². The smallest absolute Gasteiger partial charge is 0.261 e. The second kappa shape index (κ2) is 4.74. The molecule has 2 aromatic rings. The van der Waals surface area contributed by atoms with Gasteiger partial charge in [0.05, 0.1) is 16.5 Å². The lowest BCUT2D eigenvalue weighted by molar-refractivity contribution is 0.107. The summed E-state index contributed by atoms with van der Waals surface area (Å²) in [6.07, 6.45) is 0. The molecule has 1 aromatic carbocycles. The van der Waals surface area contributed by atoms with E-state index in [1.807, 2.05) is 18.2 Å². The Morgan fingerprint density at radius 1 is 1.39 bits per heavy atom. The third kappa shape index (κ3) is 2.73. The Kier molecular flexibility index (Phi) is 3.45. The number of nitrogens with zero attached hydrogens (tertiary/aromatic N) is 2. The molecule has 0 spiro atoms. The maximum Gasteiger partial charge on any atom is 0.261 e. The Balaban J connectivity index is 2.46. The third-order valence-corrected chi connectivity index (χ3v) is 3.97. The second-order valence-electron chi connectivity index (χ2n) is 4.88. The largest absolute Gasteiger partial charge is 0.390 e. The fourth-order valence-corrected chi connectivity index (χ4v) is 2.49. The van der Waals surface area contributed by atoms with E-state index in [9.17, 15) is 9.90 Å². The fourth-order valence-electron chi connectivity index (χ4n) is 1.57. The molecule has 0 radical (unpaired) electrons. The van der Waals surface area contributed by atoms with E-state index in [4.69, 9.17) is 0 Å². The van der Waals surface area contributed by atoms with Gasteiger partial charge in [-0.25, -0.2) is 4.98 Å². The molecule has 1 aromatic heterocycles. The van der Waals surface area contributed by atoms with Gasteiger partial charge in [0, 0.05) is 12.8 Å². The zero-order valence-corrected chi connectivity index (χ0v) is 11.5. The number of benzene rings is 1. The van der Waals surface area contributed by atoms with E-state index in [1.165, 1.54) is 16.3 Å². The number of fused-ring (bicyclic) bond motifs is 1. The van der Waals surface area contributed by atoms with E-state index in [-0.39, 0.29) is 5.56 Å². The minimum Gasteiger partial charge on any atom is -0.390 e. The summed E-state index contributed by atoms with van der Waals surface area (Å²) in [5.74, 6) is 0.492. The average Bonchev–Trinajstić information content (AvgIpc) is 2.31. The molecule has 96 valence electrons. The summed E-state index contributed by atoms with van der Waals surface area (Å²) in [5, 5.41) is 11.0. The lowest BCUT2D eigenvalue weighted by Crippen LogP contribution is -2.24. The number of aliphatic hydroxyl groups is 1. The predicted octanol–water partition coefficient (Wildman–Crippen LogP) is 1.80. The Morgan fingerprint density at radius 3 is 2.72 bits per heavy atom. The van der Waals surface area contributed by atoms with E-state index < -0.39 is 5.60 Å². The highest BCUT2D eigenvalue weighted by atomic mass is 32.2. The standard InChI is InChI=1S/C13H16N2O2S/c1-13(2,17)8-18-12-14-10-7-5-4-6-9(10)11(16)15(12)3/h4-7,17H,8H2,1-3H3. The first-order valence-corrected chi connectivity index (χ1v) is 6.68. The molecule has 0 aliphatic carbocycles. The van der Waals surface area contributed by atoms with Crippen LogP contribution < -0.4 is 5.56 Å². The Hall–Kier alpha value is -1.33. The number of rotatable bonds is 3. The number of para-hydroxylation sites is 1. The summed E-state index contributed by atoms with van der Waals surface area (Å²) in [5.41, 5.74) is -0.147. The van der Waals surface area contributed by atoms with Crippen LogP contribution in [-0.2, 0) is 7.05 Å². The monoisotopic (exact) mass is 264 g/mol. The molecule has 2 rings (SSSR count). The molecule has 0 unspecified atom stereocenters. The van der Waals surface area contributed by atoms with Crippen LogP contribution in [0.2, 0.25) is 0 Å². The Morgan fingerprint density at radius 2 is 2.06 bits per heavy atom. The van der Waals surface area contributed by atoms with Crippen LogP contribution in [0, 0.1) is 0 Å². The normalized spacial score (nSPS) is 12.0. The summed E-state index contributed by atoms with van der Waals surface area (Å²) in [4.78, 5) is 16.6. The molecule has 0 saturated heterocycles. The van der Waals surface area contributed by atoms with Crippen LogP contribution in [0.1, 0.15) is 13.8 Å². The van der Waals surface area contributed by atoms with Crippen LogP contribution in [0.25, 0.3) is 10.9 Å². The first-order valence-electron chi connectivity index (χ1n) is 5.69. The van der Waals surface area contributed by atoms with Crippen molar-refractivity contribution in [2.45, 2.75) is 24.6 Å². The lowest BCUT2D eigenvalue weighted by atomic mass is 10.2. The molecule has 0 atom stereocenters. The molecular weight excluding hydrogens is 248 g/mol. The Labute approximate surface area is 110 Å². The van der Waals surface area contributed by atoms with E-state index in [0.717, 1.165) is 0 Å². The summed E-state index contributed by atoms with van der Waals surface area (Å²) in [7, 11) is 1.70. The zero-order chi connectivity index (χ0) is 13.3. The van der Waals surface area contributed by atoms with Crippen LogP contribution >= 0.6 is 11.8 Å². The van der Waals surface area contributed by atoms with Crippen molar-refractivity contribution in [2.75, 3.05) is 5.75 Å². The highest BCUT2D eigenvalue weighted by molar-refractivity contribution is 7.99. The van der Waals surface area contributed by atoms with Crippen molar-refractivity contribution in [3.8, 4) is 0 Å². The molecule has 0 fully saturated rings. The lowest BCUT2D eigenvalue weighted by Gasteiger charge is -2.16. The number of hydrogen-bond acceptors (Lipinski definition) is 4. The maximum absolute atomic E-state index is 12.1. The van der Waals surface area contributed by atoms with Crippen LogP contribution in [0.3, 0.4) is 0 Å². The SMILES string of the molecule is Cn1c(SCC(C)(C)O)nc2ccccc2c1=O. The van der Waals surface area contributed by atoms with Gasteiger partial charge in [-0.1, -0.05) is 23.9 Å². The number of aromatic nitrogens is 2. The highest BCUT2D eigenvalue weighted by Crippen LogP contribution is 2.20. The molecule has 1 N–H and O–H groups in total. The van der Waals surface area contributed by atoms with Crippen molar-refractivity contribution in [1.82, 2.24) is 9.55 Å². The van der Waals surface area contributed by atoms with Crippen LogP contribution in [0.5, 0.6) is 0 Å². The van der Waals surface area contributed by atoms with Gasteiger partial charge in [-0.2, -0.15) is 0 Å². The van der Waals surface area contributed by atoms with Gasteiger partial charge in [0.1, 0.15) is 0 Å². The first kappa shape index (κ1) is 13.1. The van der Waals surface area contributed by atoms with Gasteiger partial charge in [-0.15, -0.1) is 0 Å². The fraction of sp³-hybridized carbons (Fsp3) is 0.385. The van der Waals surface area contributed by atoms with Crippen molar-refractivity contribution in [2.24, 2.45) is 7.05 Å². The molecule has 4 nitrogen and oxygen atoms in total. The van der Waals surface area contributed by atoms with Crippen LogP contribution in [-0.4, -0.2) is 26.0 Å². The van der Waals surface area contributed by atoms with Gasteiger partial charge < -0.3 is 5.11 Å². The van der Waals surface area contributed by atoms with Gasteiger partial charge in [0.15, 0.2) is 5.16 Å². The first-order chi connectivity index (χ1) is 8.38. The van der Waals surface area contributed by atoms with Gasteiger partial charge >= 0.3 is 0 Å². The van der Waals surface area contributed by atoms with Crippen LogP contribution in [0.15, 0.2) is 34.2 Å². The molecule has 0 saturated carbocycles. The molecule has 18 heavy (non-hydrogen) atoms. The van der Waals surface area contributed by atoms with Crippen molar-refractivity contribution >= 4 is 22.7 Å². The van der Waals surface area contributed by atoms with Crippen molar-refractivity contribution < 1.29 is 5.11 Å². The summed E-state index contributed by atoms with van der Waals surface area (Å²) < 4.78 is 1.53. The van der Waals surface area contributed by atoms with Crippen molar-refractivity contribution in [3.63, 3.8) is 0 Å². The van der Waals surface area contributed by atoms with E-state index in [1.54, 1.807) is 27.0 Å². The Bertz CT molecular complexity index is 629. The molecule has 0 aliphatic heterocycles. The molecule has 1 heterocycles. The van der Waals surface area contributed by atoms with Gasteiger partial charge in [0.2, 0.25) is 0 Å². The second-order valence-corrected chi connectivity index (χ2v) is 5.82. The predicted molar refractivity (Wildman–Crippen MR) is 74.0 cm³/mol. The van der Waals surface area contributed by atoms with Crippen LogP contribution in [0.4, 0.5) is 0 Å². The summed E-state index contributed by atoms with van der Waals surface area (Å²) >= 11 is 1.38. The van der Waals surface area contributed by atoms with E-state index >= 15 is 0 Å². The molecule has 0 amide bonds.